The molecule has 3 heteroatoms. The molecule has 0 radical (unpaired) electrons. The van der Waals surface area contributed by atoms with Gasteiger partial charge in [-0.15, -0.1) is 0 Å². The Morgan fingerprint density at radius 3 is 1.47 bits per heavy atom. The predicted molar refractivity (Wildman–Crippen MR) is 67.8 cm³/mol. The zero-order valence-corrected chi connectivity index (χ0v) is 11.8. The van der Waals surface area contributed by atoms with Crippen LogP contribution in [0, 0.1) is 0 Å². The van der Waals surface area contributed by atoms with Crippen LogP contribution in [0.5, 0.6) is 0 Å². The molecule has 98 valence electrons. The van der Waals surface area contributed by atoms with Crippen LogP contribution >= 0.6 is 0 Å². The SMILES string of the molecule is CC(C)(C)OCc1ccc(COC(C)(C)C)o1. The standard InChI is InChI=1S/C14H24O3/c1-13(2,3)15-9-11-7-8-12(17-11)10-16-14(4,5)6/h7-8H,9-10H2,1-6H3. The van der Waals surface area contributed by atoms with Crippen LogP contribution in [0.4, 0.5) is 0 Å². The highest BCUT2D eigenvalue weighted by Gasteiger charge is 2.14. The first-order valence-electron chi connectivity index (χ1n) is 6.01. The van der Waals surface area contributed by atoms with E-state index in [2.05, 4.69) is 0 Å². The Bertz CT molecular complexity index is 307. The Balaban J connectivity index is 2.43. The Kier molecular flexibility index (Phi) is 4.39. The van der Waals surface area contributed by atoms with E-state index in [1.807, 2.05) is 53.7 Å². The third-order valence-electron chi connectivity index (χ3n) is 2.01. The van der Waals surface area contributed by atoms with Gasteiger partial charge in [0.25, 0.3) is 0 Å². The van der Waals surface area contributed by atoms with E-state index in [1.54, 1.807) is 0 Å². The van der Waals surface area contributed by atoms with Gasteiger partial charge in [-0.2, -0.15) is 0 Å². The van der Waals surface area contributed by atoms with Gasteiger partial charge in [-0.05, 0) is 53.7 Å². The smallest absolute Gasteiger partial charge is 0.130 e. The van der Waals surface area contributed by atoms with Gasteiger partial charge < -0.3 is 13.9 Å². The first-order valence-corrected chi connectivity index (χ1v) is 6.01. The summed E-state index contributed by atoms with van der Waals surface area (Å²) in [4.78, 5) is 0. The number of rotatable bonds is 4. The molecule has 0 aromatic carbocycles. The first kappa shape index (κ1) is 14.3. The van der Waals surface area contributed by atoms with E-state index in [0.717, 1.165) is 11.5 Å². The summed E-state index contributed by atoms with van der Waals surface area (Å²) in [5.41, 5.74) is -0.288. The average molecular weight is 240 g/mol. The highest BCUT2D eigenvalue weighted by Crippen LogP contribution is 2.17. The van der Waals surface area contributed by atoms with Crippen LogP contribution in [-0.2, 0) is 22.7 Å². The summed E-state index contributed by atoms with van der Waals surface area (Å²) in [6.07, 6.45) is 0. The third-order valence-corrected chi connectivity index (χ3v) is 2.01. The molecule has 0 aliphatic carbocycles. The molecule has 0 spiro atoms. The molecular formula is C14H24O3. The van der Waals surface area contributed by atoms with Gasteiger partial charge >= 0.3 is 0 Å². The molecule has 0 atom stereocenters. The van der Waals surface area contributed by atoms with E-state index in [-0.39, 0.29) is 11.2 Å². The van der Waals surface area contributed by atoms with Crippen LogP contribution in [-0.4, -0.2) is 11.2 Å². The van der Waals surface area contributed by atoms with E-state index >= 15 is 0 Å². The fourth-order valence-electron chi connectivity index (χ4n) is 1.15. The first-order chi connectivity index (χ1) is 7.66. The molecular weight excluding hydrogens is 216 g/mol. The molecule has 0 N–H and O–H groups in total. The van der Waals surface area contributed by atoms with Crippen LogP contribution in [0.3, 0.4) is 0 Å². The molecule has 1 aromatic rings. The summed E-state index contributed by atoms with van der Waals surface area (Å²) in [6.45, 7) is 13.2. The van der Waals surface area contributed by atoms with Gasteiger partial charge in [0.15, 0.2) is 0 Å². The summed E-state index contributed by atoms with van der Waals surface area (Å²) >= 11 is 0. The molecule has 1 aromatic heterocycles. The molecule has 1 heterocycles. The van der Waals surface area contributed by atoms with Gasteiger partial charge in [-0.1, -0.05) is 0 Å². The van der Waals surface area contributed by atoms with Gasteiger partial charge in [0.05, 0.1) is 11.2 Å². The number of furan rings is 1. The molecule has 0 fully saturated rings. The Labute approximate surface area is 104 Å². The van der Waals surface area contributed by atoms with Crippen molar-refractivity contribution in [3.8, 4) is 0 Å². The maximum absolute atomic E-state index is 5.64. The quantitative estimate of drug-likeness (QED) is 0.799. The Morgan fingerprint density at radius 1 is 0.824 bits per heavy atom. The van der Waals surface area contributed by atoms with Crippen molar-refractivity contribution in [2.45, 2.75) is 66.0 Å². The molecule has 1 rings (SSSR count). The van der Waals surface area contributed by atoms with Crippen molar-refractivity contribution < 1.29 is 13.9 Å². The summed E-state index contributed by atoms with van der Waals surface area (Å²) < 4.78 is 16.9. The number of ether oxygens (including phenoxy) is 2. The fraction of sp³-hybridized carbons (Fsp3) is 0.714. The lowest BCUT2D eigenvalue weighted by molar-refractivity contribution is -0.0313. The van der Waals surface area contributed by atoms with Crippen molar-refractivity contribution in [1.29, 1.82) is 0 Å². The second-order valence-electron chi connectivity index (χ2n) is 6.17. The van der Waals surface area contributed by atoms with E-state index in [9.17, 15) is 0 Å². The second kappa shape index (κ2) is 5.23. The van der Waals surface area contributed by atoms with E-state index in [1.165, 1.54) is 0 Å². The molecule has 0 saturated heterocycles. The molecule has 0 bridgehead atoms. The predicted octanol–water partition coefficient (Wildman–Crippen LogP) is 3.91. The molecule has 0 unspecified atom stereocenters. The zero-order chi connectivity index (χ0) is 13.1. The maximum Gasteiger partial charge on any atom is 0.130 e. The highest BCUT2D eigenvalue weighted by molar-refractivity contribution is 5.05. The minimum Gasteiger partial charge on any atom is -0.461 e. The summed E-state index contributed by atoms with van der Waals surface area (Å²) in [5.74, 6) is 1.68. The Morgan fingerprint density at radius 2 is 1.18 bits per heavy atom. The third kappa shape index (κ3) is 6.49. The van der Waals surface area contributed by atoms with Crippen molar-refractivity contribution in [2.75, 3.05) is 0 Å². The van der Waals surface area contributed by atoms with Gasteiger partial charge in [0.2, 0.25) is 0 Å². The maximum atomic E-state index is 5.64. The van der Waals surface area contributed by atoms with Crippen molar-refractivity contribution in [1.82, 2.24) is 0 Å². The van der Waals surface area contributed by atoms with Crippen LogP contribution < -0.4 is 0 Å². The Hall–Kier alpha value is -0.800. The summed E-state index contributed by atoms with van der Waals surface area (Å²) in [5, 5.41) is 0. The molecule has 0 aliphatic rings. The van der Waals surface area contributed by atoms with Crippen molar-refractivity contribution >= 4 is 0 Å². The van der Waals surface area contributed by atoms with Crippen LogP contribution in [0.15, 0.2) is 16.5 Å². The van der Waals surface area contributed by atoms with Crippen LogP contribution in [0.2, 0.25) is 0 Å². The zero-order valence-electron chi connectivity index (χ0n) is 11.8. The topological polar surface area (TPSA) is 31.6 Å². The normalized spacial score (nSPS) is 13.1. The highest BCUT2D eigenvalue weighted by atomic mass is 16.5. The lowest BCUT2D eigenvalue weighted by atomic mass is 10.2. The van der Waals surface area contributed by atoms with Crippen LogP contribution in [0.25, 0.3) is 0 Å². The molecule has 17 heavy (non-hydrogen) atoms. The average Bonchev–Trinajstić information content (AvgIpc) is 2.57. The fourth-order valence-corrected chi connectivity index (χ4v) is 1.15. The molecule has 3 nitrogen and oxygen atoms in total. The van der Waals surface area contributed by atoms with Crippen molar-refractivity contribution in [2.24, 2.45) is 0 Å². The lowest BCUT2D eigenvalue weighted by Gasteiger charge is -2.19. The van der Waals surface area contributed by atoms with Crippen molar-refractivity contribution in [3.05, 3.63) is 23.7 Å². The monoisotopic (exact) mass is 240 g/mol. The van der Waals surface area contributed by atoms with Gasteiger partial charge in [0.1, 0.15) is 24.7 Å². The summed E-state index contributed by atoms with van der Waals surface area (Å²) in [7, 11) is 0. The second-order valence-corrected chi connectivity index (χ2v) is 6.17. The van der Waals surface area contributed by atoms with Crippen molar-refractivity contribution in [3.63, 3.8) is 0 Å². The summed E-state index contributed by atoms with van der Waals surface area (Å²) in [6, 6.07) is 3.88. The van der Waals surface area contributed by atoms with Gasteiger partial charge in [0, 0.05) is 0 Å². The lowest BCUT2D eigenvalue weighted by Crippen LogP contribution is -2.18. The van der Waals surface area contributed by atoms with E-state index in [0.29, 0.717) is 13.2 Å². The minimum atomic E-state index is -0.144. The largest absolute Gasteiger partial charge is 0.461 e. The molecule has 0 amide bonds. The minimum absolute atomic E-state index is 0.144. The number of hydrogen-bond donors (Lipinski definition) is 0. The number of hydrogen-bond acceptors (Lipinski definition) is 3. The molecule has 0 saturated carbocycles. The van der Waals surface area contributed by atoms with Gasteiger partial charge in [-0.25, -0.2) is 0 Å². The van der Waals surface area contributed by atoms with E-state index in [4.69, 9.17) is 13.9 Å². The van der Waals surface area contributed by atoms with Gasteiger partial charge in [-0.3, -0.25) is 0 Å². The molecule has 0 aliphatic heterocycles. The van der Waals surface area contributed by atoms with E-state index < -0.39 is 0 Å². The van der Waals surface area contributed by atoms with Crippen LogP contribution in [0.1, 0.15) is 53.1 Å².